The molecule has 3 heteroatoms. The molecule has 0 bridgehead atoms. The molecular formula is C16H15BrO2. The maximum atomic E-state index is 11.7. The molecule has 0 aromatic heterocycles. The van der Waals surface area contributed by atoms with Gasteiger partial charge in [-0.05, 0) is 39.5 Å². The van der Waals surface area contributed by atoms with Gasteiger partial charge in [-0.1, -0.05) is 42.8 Å². The van der Waals surface area contributed by atoms with Gasteiger partial charge in [0.1, 0.15) is 6.61 Å². The molecule has 0 spiro atoms. The molecule has 2 nitrogen and oxygen atoms in total. The summed E-state index contributed by atoms with van der Waals surface area (Å²) in [5, 5.41) is 2.34. The SMILES string of the molecule is O=C(OCc1ccc2ccccc2c1Br)C1CCC1. The Bertz CT molecular complexity index is 617. The molecular weight excluding hydrogens is 304 g/mol. The minimum Gasteiger partial charge on any atom is -0.461 e. The van der Waals surface area contributed by atoms with E-state index >= 15 is 0 Å². The molecule has 0 radical (unpaired) electrons. The lowest BCUT2D eigenvalue weighted by molar-refractivity contribution is -0.152. The highest BCUT2D eigenvalue weighted by Gasteiger charge is 2.26. The highest BCUT2D eigenvalue weighted by Crippen LogP contribution is 2.30. The Balaban J connectivity index is 1.77. The number of carbonyl (C=O) groups is 1. The molecule has 3 rings (SSSR count). The quantitative estimate of drug-likeness (QED) is 0.782. The topological polar surface area (TPSA) is 26.3 Å². The second-order valence-electron chi connectivity index (χ2n) is 5.00. The molecule has 19 heavy (non-hydrogen) atoms. The lowest BCUT2D eigenvalue weighted by Gasteiger charge is -2.23. The Hall–Kier alpha value is -1.35. The summed E-state index contributed by atoms with van der Waals surface area (Å²) in [6, 6.07) is 12.2. The van der Waals surface area contributed by atoms with Crippen molar-refractivity contribution in [2.75, 3.05) is 0 Å². The van der Waals surface area contributed by atoms with Crippen LogP contribution < -0.4 is 0 Å². The van der Waals surface area contributed by atoms with Gasteiger partial charge in [0.25, 0.3) is 0 Å². The summed E-state index contributed by atoms with van der Waals surface area (Å²) in [4.78, 5) is 11.7. The van der Waals surface area contributed by atoms with E-state index in [1.54, 1.807) is 0 Å². The van der Waals surface area contributed by atoms with Gasteiger partial charge < -0.3 is 4.74 Å². The van der Waals surface area contributed by atoms with Gasteiger partial charge in [0.2, 0.25) is 0 Å². The van der Waals surface area contributed by atoms with Gasteiger partial charge >= 0.3 is 5.97 Å². The third-order valence-electron chi connectivity index (χ3n) is 3.75. The third kappa shape index (κ3) is 2.52. The summed E-state index contributed by atoms with van der Waals surface area (Å²) in [6.45, 7) is 0.348. The smallest absolute Gasteiger partial charge is 0.309 e. The largest absolute Gasteiger partial charge is 0.461 e. The number of fused-ring (bicyclic) bond motifs is 1. The third-order valence-corrected chi connectivity index (χ3v) is 4.69. The number of halogens is 1. The number of hydrogen-bond acceptors (Lipinski definition) is 2. The van der Waals surface area contributed by atoms with Crippen LogP contribution in [0.2, 0.25) is 0 Å². The van der Waals surface area contributed by atoms with Crippen LogP contribution in [0.1, 0.15) is 24.8 Å². The van der Waals surface area contributed by atoms with E-state index in [4.69, 9.17) is 4.74 Å². The summed E-state index contributed by atoms with van der Waals surface area (Å²) < 4.78 is 6.41. The molecule has 0 amide bonds. The van der Waals surface area contributed by atoms with Gasteiger partial charge in [-0.25, -0.2) is 0 Å². The fraction of sp³-hybridized carbons (Fsp3) is 0.312. The van der Waals surface area contributed by atoms with Crippen LogP contribution in [0, 0.1) is 5.92 Å². The van der Waals surface area contributed by atoms with E-state index < -0.39 is 0 Å². The second-order valence-corrected chi connectivity index (χ2v) is 5.79. The van der Waals surface area contributed by atoms with E-state index in [0.717, 1.165) is 34.7 Å². The van der Waals surface area contributed by atoms with Gasteiger partial charge in [0.15, 0.2) is 0 Å². The van der Waals surface area contributed by atoms with Crippen molar-refractivity contribution in [1.29, 1.82) is 0 Å². The Labute approximate surface area is 120 Å². The van der Waals surface area contributed by atoms with Crippen molar-refractivity contribution in [3.63, 3.8) is 0 Å². The standard InChI is InChI=1S/C16H15BrO2/c17-15-13(10-19-16(18)12-5-3-6-12)9-8-11-4-1-2-7-14(11)15/h1-2,4,7-9,12H,3,5-6,10H2. The van der Waals surface area contributed by atoms with E-state index in [9.17, 15) is 4.79 Å². The van der Waals surface area contributed by atoms with Gasteiger partial charge in [-0.3, -0.25) is 4.79 Å². The molecule has 0 atom stereocenters. The number of benzene rings is 2. The maximum absolute atomic E-state index is 11.7. The molecule has 0 saturated heterocycles. The van der Waals surface area contributed by atoms with Crippen molar-refractivity contribution in [1.82, 2.24) is 0 Å². The highest BCUT2D eigenvalue weighted by molar-refractivity contribution is 9.10. The van der Waals surface area contributed by atoms with Crippen LogP contribution in [-0.2, 0) is 16.1 Å². The fourth-order valence-corrected chi connectivity index (χ4v) is 2.91. The minimum absolute atomic E-state index is 0.0497. The number of esters is 1. The predicted octanol–water partition coefficient (Wildman–Crippen LogP) is 4.45. The first-order valence-corrected chi connectivity index (χ1v) is 7.38. The van der Waals surface area contributed by atoms with E-state index in [1.807, 2.05) is 18.2 Å². The summed E-state index contributed by atoms with van der Waals surface area (Å²) in [6.07, 6.45) is 3.12. The van der Waals surface area contributed by atoms with Crippen molar-refractivity contribution in [3.05, 3.63) is 46.4 Å². The van der Waals surface area contributed by atoms with Crippen molar-refractivity contribution >= 4 is 32.7 Å². The molecule has 98 valence electrons. The summed E-state index contributed by atoms with van der Waals surface area (Å²) in [7, 11) is 0. The number of hydrogen-bond donors (Lipinski definition) is 0. The zero-order chi connectivity index (χ0) is 13.2. The van der Waals surface area contributed by atoms with E-state index in [-0.39, 0.29) is 11.9 Å². The van der Waals surface area contributed by atoms with Crippen LogP contribution in [0.3, 0.4) is 0 Å². The van der Waals surface area contributed by atoms with Crippen molar-refractivity contribution in [2.24, 2.45) is 5.92 Å². The zero-order valence-electron chi connectivity index (χ0n) is 10.6. The lowest BCUT2D eigenvalue weighted by Crippen LogP contribution is -2.24. The van der Waals surface area contributed by atoms with E-state index in [0.29, 0.717) is 6.61 Å². The van der Waals surface area contributed by atoms with Crippen molar-refractivity contribution < 1.29 is 9.53 Å². The maximum Gasteiger partial charge on any atom is 0.309 e. The van der Waals surface area contributed by atoms with Gasteiger partial charge in [-0.15, -0.1) is 0 Å². The van der Waals surface area contributed by atoms with Crippen molar-refractivity contribution in [3.8, 4) is 0 Å². The van der Waals surface area contributed by atoms with Crippen LogP contribution in [0.5, 0.6) is 0 Å². The summed E-state index contributed by atoms with van der Waals surface area (Å²) >= 11 is 3.61. The normalized spacial score (nSPS) is 15.2. The molecule has 0 heterocycles. The Kier molecular flexibility index (Phi) is 3.56. The molecule has 1 aliphatic rings. The molecule has 0 aliphatic heterocycles. The van der Waals surface area contributed by atoms with Crippen molar-refractivity contribution in [2.45, 2.75) is 25.9 Å². The zero-order valence-corrected chi connectivity index (χ0v) is 12.2. The summed E-state index contributed by atoms with van der Waals surface area (Å²) in [5.41, 5.74) is 1.02. The minimum atomic E-state index is -0.0497. The van der Waals surface area contributed by atoms with Crippen LogP contribution in [0.4, 0.5) is 0 Å². The van der Waals surface area contributed by atoms with Gasteiger partial charge in [0.05, 0.1) is 5.92 Å². The van der Waals surface area contributed by atoms with Gasteiger partial charge in [0, 0.05) is 10.0 Å². The van der Waals surface area contributed by atoms with Crippen LogP contribution in [-0.4, -0.2) is 5.97 Å². The first-order valence-electron chi connectivity index (χ1n) is 6.58. The number of ether oxygens (including phenoxy) is 1. The number of rotatable bonds is 3. The van der Waals surface area contributed by atoms with Crippen LogP contribution in [0.25, 0.3) is 10.8 Å². The highest BCUT2D eigenvalue weighted by atomic mass is 79.9. The van der Waals surface area contributed by atoms with Crippen LogP contribution in [0.15, 0.2) is 40.9 Å². The second kappa shape index (κ2) is 5.33. The van der Waals surface area contributed by atoms with Crippen LogP contribution >= 0.6 is 15.9 Å². The molecule has 1 aliphatic carbocycles. The average Bonchev–Trinajstić information content (AvgIpc) is 2.36. The molecule has 0 unspecified atom stereocenters. The Morgan fingerprint density at radius 3 is 2.74 bits per heavy atom. The van der Waals surface area contributed by atoms with E-state index in [2.05, 4.69) is 34.1 Å². The molecule has 2 aromatic carbocycles. The Morgan fingerprint density at radius 1 is 1.21 bits per heavy atom. The average molecular weight is 319 g/mol. The molecule has 0 N–H and O–H groups in total. The number of carbonyl (C=O) groups excluding carboxylic acids is 1. The predicted molar refractivity (Wildman–Crippen MR) is 78.8 cm³/mol. The van der Waals surface area contributed by atoms with E-state index in [1.165, 1.54) is 5.39 Å². The first-order chi connectivity index (χ1) is 9.25. The van der Waals surface area contributed by atoms with Gasteiger partial charge in [-0.2, -0.15) is 0 Å². The lowest BCUT2D eigenvalue weighted by atomic mass is 9.86. The summed E-state index contributed by atoms with van der Waals surface area (Å²) in [5.74, 6) is 0.0885. The first kappa shape index (κ1) is 12.7. The molecule has 2 aromatic rings. The Morgan fingerprint density at radius 2 is 2.00 bits per heavy atom. The molecule has 1 fully saturated rings. The molecule has 1 saturated carbocycles. The fourth-order valence-electron chi connectivity index (χ4n) is 2.30. The monoisotopic (exact) mass is 318 g/mol.